The van der Waals surface area contributed by atoms with E-state index in [9.17, 15) is 24.0 Å². The summed E-state index contributed by atoms with van der Waals surface area (Å²) in [6.07, 6.45) is 6.80. The number of likely N-dealkylation sites (N-methyl/N-ethyl adjacent to an activating group) is 1. The number of H-pyrrole nitrogens is 1. The van der Waals surface area contributed by atoms with Crippen molar-refractivity contribution in [3.05, 3.63) is 63.5 Å². The molecule has 54 heavy (non-hydrogen) atoms. The number of aromatic nitrogens is 2. The first-order valence-corrected chi connectivity index (χ1v) is 20.0. The zero-order valence-corrected chi connectivity index (χ0v) is 31.3. The Morgan fingerprint density at radius 2 is 1.80 bits per heavy atom. The molecule has 3 aromatic rings. The van der Waals surface area contributed by atoms with E-state index in [-0.39, 0.29) is 35.3 Å². The molecule has 0 spiro atoms. The molecule has 2 N–H and O–H groups in total. The highest BCUT2D eigenvalue weighted by Crippen LogP contribution is 2.30. The minimum Gasteiger partial charge on any atom is -0.493 e. The summed E-state index contributed by atoms with van der Waals surface area (Å²) in [4.78, 5) is 75.5. The molecule has 5 heterocycles. The topological polar surface area (TPSA) is 154 Å². The molecule has 4 saturated heterocycles. The van der Waals surface area contributed by atoms with E-state index in [0.717, 1.165) is 83.6 Å². The number of anilines is 1. The van der Waals surface area contributed by atoms with Gasteiger partial charge < -0.3 is 29.2 Å². The Morgan fingerprint density at radius 3 is 2.52 bits per heavy atom. The number of imide groups is 1. The summed E-state index contributed by atoms with van der Waals surface area (Å²) in [6, 6.07) is 7.85. The number of nitrogens with one attached hydrogen (secondary N) is 2. The average molecular weight is 763 g/mol. The highest BCUT2D eigenvalue weighted by atomic mass is 32.2. The summed E-state index contributed by atoms with van der Waals surface area (Å²) in [5.41, 5.74) is 1.18. The summed E-state index contributed by atoms with van der Waals surface area (Å²) in [6.45, 7) is 5.42. The number of likely N-dealkylation sites (tertiary alicyclic amines) is 1. The molecule has 0 aliphatic carbocycles. The molecular weight excluding hydrogens is 716 g/mol. The molecule has 15 heteroatoms. The van der Waals surface area contributed by atoms with Crippen LogP contribution < -0.4 is 20.5 Å². The zero-order chi connectivity index (χ0) is 37.8. The summed E-state index contributed by atoms with van der Waals surface area (Å²) < 4.78 is 26.6. The Balaban J connectivity index is 0.896. The van der Waals surface area contributed by atoms with Crippen LogP contribution in [0.15, 0.2) is 35.1 Å². The van der Waals surface area contributed by atoms with Crippen molar-refractivity contribution in [2.45, 2.75) is 74.5 Å². The van der Waals surface area contributed by atoms with Gasteiger partial charge in [-0.15, -0.1) is 0 Å². The van der Waals surface area contributed by atoms with E-state index >= 15 is 4.39 Å². The van der Waals surface area contributed by atoms with Gasteiger partial charge in [-0.2, -0.15) is 11.8 Å². The minimum atomic E-state index is -0.777. The van der Waals surface area contributed by atoms with Crippen LogP contribution in [0.4, 0.5) is 10.1 Å². The Morgan fingerprint density at radius 1 is 1.04 bits per heavy atom. The third kappa shape index (κ3) is 8.63. The van der Waals surface area contributed by atoms with Gasteiger partial charge in [0.05, 0.1) is 23.4 Å². The molecule has 4 aliphatic rings. The Hall–Kier alpha value is -4.34. The SMILES string of the molecule is CN(C(=O)c1cc(N2CCC(N3CCC(COc4cc(F)c5c(=O)[nH]c(CSC6CCOCC6)nc5c4)CC3)CC2)ccc1C=O)C1CCC(=O)NC1=O. The molecule has 1 atom stereocenters. The highest BCUT2D eigenvalue weighted by Gasteiger charge is 2.34. The van der Waals surface area contributed by atoms with Gasteiger partial charge >= 0.3 is 0 Å². The second-order valence-corrected chi connectivity index (χ2v) is 16.0. The normalized spacial score (nSPS) is 20.9. The maximum Gasteiger partial charge on any atom is 0.261 e. The maximum absolute atomic E-state index is 15.1. The van der Waals surface area contributed by atoms with Gasteiger partial charge in [-0.3, -0.25) is 29.3 Å². The standard InChI is InChI=1S/C39H47FN6O7S/c1-44(33-4-5-35(48)43-37(33)49)39(51)30-18-27(3-2-25(30)21-47)46-14-8-26(9-15-46)45-12-6-24(7-13-45)22-53-28-19-31(40)36-32(20-28)41-34(42-38(36)50)23-54-29-10-16-52-17-11-29/h2-3,18-21,24,26,29,33H,4-17,22-23H2,1H3,(H,41,42,50)(H,43,48,49). The first-order chi connectivity index (χ1) is 26.2. The second-order valence-electron chi connectivity index (χ2n) is 14.7. The number of nitrogens with zero attached hydrogens (tertiary/aromatic N) is 4. The lowest BCUT2D eigenvalue weighted by Crippen LogP contribution is -2.53. The number of halogens is 1. The number of piperidine rings is 3. The van der Waals surface area contributed by atoms with Crippen molar-refractivity contribution < 1.29 is 33.0 Å². The summed E-state index contributed by atoms with van der Waals surface area (Å²) in [5.74, 6) is -0.152. The number of rotatable bonds is 11. The van der Waals surface area contributed by atoms with Crippen LogP contribution in [0.5, 0.6) is 5.75 Å². The van der Waals surface area contributed by atoms with Crippen molar-refractivity contribution in [3.8, 4) is 5.75 Å². The van der Waals surface area contributed by atoms with E-state index in [1.165, 1.54) is 18.0 Å². The van der Waals surface area contributed by atoms with Gasteiger partial charge in [0.1, 0.15) is 28.8 Å². The molecule has 4 aliphatic heterocycles. The minimum absolute atomic E-state index is 0.0502. The van der Waals surface area contributed by atoms with Gasteiger partial charge in [-0.25, -0.2) is 9.37 Å². The average Bonchev–Trinajstić information content (AvgIpc) is 3.19. The molecule has 0 bridgehead atoms. The van der Waals surface area contributed by atoms with E-state index in [2.05, 4.69) is 25.1 Å². The lowest BCUT2D eigenvalue weighted by molar-refractivity contribution is -0.136. The van der Waals surface area contributed by atoms with Gasteiger partial charge in [-0.05, 0) is 82.2 Å². The van der Waals surface area contributed by atoms with Crippen LogP contribution in [0.2, 0.25) is 0 Å². The number of carbonyl (C=O) groups excluding carboxylic acids is 4. The van der Waals surface area contributed by atoms with Crippen molar-refractivity contribution in [1.29, 1.82) is 0 Å². The fraction of sp³-hybridized carbons (Fsp3) is 0.538. The third-order valence-electron chi connectivity index (χ3n) is 11.3. The number of hydrogen-bond acceptors (Lipinski definition) is 11. The number of ether oxygens (including phenoxy) is 2. The van der Waals surface area contributed by atoms with E-state index in [1.807, 2.05) is 6.07 Å². The van der Waals surface area contributed by atoms with Gasteiger partial charge in [-0.1, -0.05) is 0 Å². The van der Waals surface area contributed by atoms with Crippen LogP contribution in [0.3, 0.4) is 0 Å². The van der Waals surface area contributed by atoms with Crippen LogP contribution in [0, 0.1) is 11.7 Å². The molecule has 4 fully saturated rings. The maximum atomic E-state index is 15.1. The molecule has 0 saturated carbocycles. The number of aldehydes is 1. The first-order valence-electron chi connectivity index (χ1n) is 18.9. The lowest BCUT2D eigenvalue weighted by atomic mass is 9.93. The molecule has 288 valence electrons. The van der Waals surface area contributed by atoms with Gasteiger partial charge in [0.2, 0.25) is 11.8 Å². The van der Waals surface area contributed by atoms with Gasteiger partial charge in [0, 0.05) is 74.4 Å². The Bertz CT molecular complexity index is 1940. The highest BCUT2D eigenvalue weighted by molar-refractivity contribution is 7.99. The predicted octanol–water partition coefficient (Wildman–Crippen LogP) is 3.92. The number of hydrogen-bond donors (Lipinski definition) is 2. The van der Waals surface area contributed by atoms with Crippen molar-refractivity contribution >= 4 is 52.4 Å². The smallest absolute Gasteiger partial charge is 0.261 e. The Labute approximate surface area is 317 Å². The fourth-order valence-corrected chi connectivity index (χ4v) is 9.10. The zero-order valence-electron chi connectivity index (χ0n) is 30.5. The van der Waals surface area contributed by atoms with Crippen LogP contribution in [-0.4, -0.2) is 114 Å². The summed E-state index contributed by atoms with van der Waals surface area (Å²) in [7, 11) is 1.53. The molecule has 7 rings (SSSR count). The van der Waals surface area contributed by atoms with Crippen LogP contribution >= 0.6 is 11.8 Å². The van der Waals surface area contributed by atoms with Crippen LogP contribution in [0.25, 0.3) is 10.9 Å². The van der Waals surface area contributed by atoms with Gasteiger partial charge in [0.15, 0.2) is 6.29 Å². The molecule has 13 nitrogen and oxygen atoms in total. The lowest BCUT2D eigenvalue weighted by Gasteiger charge is -2.42. The van der Waals surface area contributed by atoms with Crippen LogP contribution in [-0.2, 0) is 20.1 Å². The first kappa shape index (κ1) is 38.0. The van der Waals surface area contributed by atoms with Crippen LogP contribution in [0.1, 0.15) is 77.9 Å². The van der Waals surface area contributed by atoms with E-state index in [1.54, 1.807) is 30.0 Å². The van der Waals surface area contributed by atoms with Crippen molar-refractivity contribution in [2.24, 2.45) is 5.92 Å². The van der Waals surface area contributed by atoms with Crippen molar-refractivity contribution in [3.63, 3.8) is 0 Å². The predicted molar refractivity (Wildman–Crippen MR) is 203 cm³/mol. The molecule has 1 unspecified atom stereocenters. The molecular formula is C39H47FN6O7S. The third-order valence-corrected chi connectivity index (χ3v) is 12.7. The molecule has 2 aromatic carbocycles. The molecule has 3 amide bonds. The molecule has 0 radical (unpaired) electrons. The van der Waals surface area contributed by atoms with E-state index in [0.29, 0.717) is 52.9 Å². The largest absolute Gasteiger partial charge is 0.493 e. The monoisotopic (exact) mass is 762 g/mol. The van der Waals surface area contributed by atoms with Gasteiger partial charge in [0.25, 0.3) is 11.5 Å². The second kappa shape index (κ2) is 17.0. The fourth-order valence-electron chi connectivity index (χ4n) is 8.04. The van der Waals surface area contributed by atoms with Crippen molar-refractivity contribution in [1.82, 2.24) is 25.1 Å². The number of amides is 3. The Kier molecular flexibility index (Phi) is 11.9. The van der Waals surface area contributed by atoms with E-state index in [4.69, 9.17) is 9.47 Å². The van der Waals surface area contributed by atoms with E-state index < -0.39 is 29.2 Å². The summed E-state index contributed by atoms with van der Waals surface area (Å²) in [5, 5.41) is 2.69. The summed E-state index contributed by atoms with van der Waals surface area (Å²) >= 11 is 1.74. The number of aromatic amines is 1. The molecule has 1 aromatic heterocycles. The number of fused-ring (bicyclic) bond motifs is 1. The van der Waals surface area contributed by atoms with Crippen molar-refractivity contribution in [2.75, 3.05) is 57.9 Å². The number of thioether (sulfide) groups is 1. The quantitative estimate of drug-likeness (QED) is 0.216. The number of benzene rings is 2. The number of carbonyl (C=O) groups is 4.